The van der Waals surface area contributed by atoms with Crippen LogP contribution in [0.15, 0.2) is 53.2 Å². The Morgan fingerprint density at radius 2 is 1.24 bits per heavy atom. The first-order valence-corrected chi connectivity index (χ1v) is 7.61. The van der Waals surface area contributed by atoms with Crippen LogP contribution in [0.1, 0.15) is 31.8 Å². The molecular weight excluding hydrogens is 320 g/mol. The van der Waals surface area contributed by atoms with Crippen LogP contribution in [0.25, 0.3) is 0 Å². The van der Waals surface area contributed by atoms with Gasteiger partial charge in [0.25, 0.3) is 11.8 Å². The number of aryl methyl sites for hydroxylation is 2. The molecule has 0 unspecified atom stereocenters. The fourth-order valence-electron chi connectivity index (χ4n) is 2.28. The van der Waals surface area contributed by atoms with Gasteiger partial charge < -0.3 is 10.6 Å². The largest absolute Gasteiger partial charge is 0.300 e. The molecule has 2 amide bonds. The Balaban J connectivity index is 1.74. The topological polar surface area (TPSA) is 97.1 Å². The fraction of sp³-hybridized carbons (Fsp3) is 0.111. The van der Waals surface area contributed by atoms with Gasteiger partial charge in [-0.05, 0) is 48.4 Å². The normalized spacial score (nSPS) is 10.3. The minimum absolute atomic E-state index is 0.0486. The van der Waals surface area contributed by atoms with Crippen molar-refractivity contribution >= 4 is 23.5 Å². The van der Waals surface area contributed by atoms with E-state index in [9.17, 15) is 9.59 Å². The molecule has 25 heavy (non-hydrogen) atoms. The van der Waals surface area contributed by atoms with E-state index < -0.39 is 0 Å². The SMILES string of the molecule is Cc1cccc(C(=O)Nc2nonc2NC(=O)c2cccc(C)c2)c1. The number of benzene rings is 2. The predicted octanol–water partition coefficient (Wildman–Crippen LogP) is 3.19. The molecule has 0 aliphatic rings. The molecule has 0 spiro atoms. The van der Waals surface area contributed by atoms with E-state index in [2.05, 4.69) is 25.6 Å². The van der Waals surface area contributed by atoms with Crippen LogP contribution in [0.5, 0.6) is 0 Å². The highest BCUT2D eigenvalue weighted by Crippen LogP contribution is 2.18. The molecule has 0 radical (unpaired) electrons. The number of nitrogens with one attached hydrogen (secondary N) is 2. The van der Waals surface area contributed by atoms with E-state index in [1.54, 1.807) is 36.4 Å². The monoisotopic (exact) mass is 336 g/mol. The van der Waals surface area contributed by atoms with Crippen molar-refractivity contribution in [3.8, 4) is 0 Å². The highest BCUT2D eigenvalue weighted by atomic mass is 16.6. The van der Waals surface area contributed by atoms with Crippen LogP contribution in [0.2, 0.25) is 0 Å². The lowest BCUT2D eigenvalue weighted by atomic mass is 10.1. The maximum Gasteiger partial charge on any atom is 0.257 e. The number of aromatic nitrogens is 2. The lowest BCUT2D eigenvalue weighted by Crippen LogP contribution is -2.17. The number of amides is 2. The zero-order valence-electron chi connectivity index (χ0n) is 13.7. The Morgan fingerprint density at radius 3 is 1.64 bits per heavy atom. The Labute approximate surface area is 144 Å². The molecule has 1 aromatic heterocycles. The number of anilines is 2. The number of hydrogen-bond acceptors (Lipinski definition) is 5. The maximum absolute atomic E-state index is 12.3. The zero-order valence-corrected chi connectivity index (χ0v) is 13.7. The molecule has 7 nitrogen and oxygen atoms in total. The van der Waals surface area contributed by atoms with Gasteiger partial charge >= 0.3 is 0 Å². The standard InChI is InChI=1S/C18H16N4O3/c1-11-5-3-7-13(9-11)17(23)19-15-16(22-25-21-15)20-18(24)14-8-4-6-12(2)10-14/h3-10H,1-2H3,(H,19,21,23)(H,20,22,24). The summed E-state index contributed by atoms with van der Waals surface area (Å²) in [5, 5.41) is 12.4. The van der Waals surface area contributed by atoms with Crippen LogP contribution in [-0.2, 0) is 0 Å². The van der Waals surface area contributed by atoms with Crippen LogP contribution >= 0.6 is 0 Å². The number of carbonyl (C=O) groups is 2. The summed E-state index contributed by atoms with van der Waals surface area (Å²) in [5.74, 6) is -0.643. The molecule has 126 valence electrons. The molecule has 0 bridgehead atoms. The minimum Gasteiger partial charge on any atom is -0.300 e. The fourth-order valence-corrected chi connectivity index (χ4v) is 2.28. The molecule has 3 rings (SSSR count). The van der Waals surface area contributed by atoms with Gasteiger partial charge in [0.1, 0.15) is 0 Å². The molecule has 0 saturated heterocycles. The summed E-state index contributed by atoms with van der Waals surface area (Å²) in [5.41, 5.74) is 2.86. The quantitative estimate of drug-likeness (QED) is 0.762. The number of carbonyl (C=O) groups excluding carboxylic acids is 2. The van der Waals surface area contributed by atoms with Gasteiger partial charge in [-0.3, -0.25) is 9.59 Å². The molecule has 0 atom stereocenters. The van der Waals surface area contributed by atoms with Crippen molar-refractivity contribution in [1.29, 1.82) is 0 Å². The van der Waals surface area contributed by atoms with Gasteiger partial charge in [0.15, 0.2) is 0 Å². The second-order valence-electron chi connectivity index (χ2n) is 5.61. The van der Waals surface area contributed by atoms with Crippen molar-refractivity contribution in [2.24, 2.45) is 0 Å². The second kappa shape index (κ2) is 6.96. The Bertz CT molecular complexity index is 859. The van der Waals surface area contributed by atoms with Gasteiger partial charge in [-0.15, -0.1) is 0 Å². The second-order valence-corrected chi connectivity index (χ2v) is 5.61. The lowest BCUT2D eigenvalue weighted by Gasteiger charge is -2.06. The van der Waals surface area contributed by atoms with Crippen LogP contribution < -0.4 is 10.6 Å². The van der Waals surface area contributed by atoms with Gasteiger partial charge in [0.2, 0.25) is 11.6 Å². The van der Waals surface area contributed by atoms with E-state index in [4.69, 9.17) is 0 Å². The first kappa shape index (κ1) is 16.4. The Morgan fingerprint density at radius 1 is 0.800 bits per heavy atom. The van der Waals surface area contributed by atoms with Crippen LogP contribution in [0, 0.1) is 13.8 Å². The van der Waals surface area contributed by atoms with Gasteiger partial charge in [0, 0.05) is 11.1 Å². The molecule has 3 aromatic rings. The number of hydrogen-bond donors (Lipinski definition) is 2. The Hall–Kier alpha value is -3.48. The highest BCUT2D eigenvalue weighted by Gasteiger charge is 2.17. The highest BCUT2D eigenvalue weighted by molar-refractivity contribution is 6.08. The summed E-state index contributed by atoms with van der Waals surface area (Å²) < 4.78 is 4.64. The maximum atomic E-state index is 12.3. The van der Waals surface area contributed by atoms with Crippen molar-refractivity contribution in [3.63, 3.8) is 0 Å². The molecule has 2 aromatic carbocycles. The molecule has 2 N–H and O–H groups in total. The van der Waals surface area contributed by atoms with Crippen LogP contribution in [-0.4, -0.2) is 22.1 Å². The van der Waals surface area contributed by atoms with Crippen LogP contribution in [0.3, 0.4) is 0 Å². The molecule has 0 aliphatic carbocycles. The first-order valence-electron chi connectivity index (χ1n) is 7.61. The summed E-state index contributed by atoms with van der Waals surface area (Å²) in [6.45, 7) is 3.78. The Kier molecular flexibility index (Phi) is 4.56. The first-order chi connectivity index (χ1) is 12.0. The molecule has 0 saturated carbocycles. The van der Waals surface area contributed by atoms with Gasteiger partial charge in [-0.25, -0.2) is 4.63 Å². The molecule has 0 aliphatic heterocycles. The molecule has 0 fully saturated rings. The molecule has 1 heterocycles. The van der Waals surface area contributed by atoms with Crippen molar-refractivity contribution in [2.75, 3.05) is 10.6 Å². The van der Waals surface area contributed by atoms with Gasteiger partial charge in [0.05, 0.1) is 0 Å². The summed E-state index contributed by atoms with van der Waals surface area (Å²) in [6.07, 6.45) is 0. The van der Waals surface area contributed by atoms with E-state index in [0.717, 1.165) is 11.1 Å². The average Bonchev–Trinajstić information content (AvgIpc) is 3.01. The summed E-state index contributed by atoms with van der Waals surface area (Å²) in [6, 6.07) is 14.2. The molecule has 7 heteroatoms. The van der Waals surface area contributed by atoms with E-state index in [1.165, 1.54) is 0 Å². The number of rotatable bonds is 4. The van der Waals surface area contributed by atoms with E-state index in [0.29, 0.717) is 11.1 Å². The van der Waals surface area contributed by atoms with Crippen molar-refractivity contribution in [3.05, 3.63) is 70.8 Å². The van der Waals surface area contributed by atoms with Gasteiger partial charge in [-0.1, -0.05) is 35.4 Å². The van der Waals surface area contributed by atoms with E-state index >= 15 is 0 Å². The summed E-state index contributed by atoms with van der Waals surface area (Å²) in [4.78, 5) is 24.6. The average molecular weight is 336 g/mol. The predicted molar refractivity (Wildman–Crippen MR) is 92.6 cm³/mol. The smallest absolute Gasteiger partial charge is 0.257 e. The summed E-state index contributed by atoms with van der Waals surface area (Å²) in [7, 11) is 0. The number of nitrogens with zero attached hydrogens (tertiary/aromatic N) is 2. The third-order valence-electron chi connectivity index (χ3n) is 3.51. The van der Waals surface area contributed by atoms with Gasteiger partial charge in [-0.2, -0.15) is 0 Å². The zero-order chi connectivity index (χ0) is 17.8. The van der Waals surface area contributed by atoms with Crippen molar-refractivity contribution in [2.45, 2.75) is 13.8 Å². The van der Waals surface area contributed by atoms with E-state index in [1.807, 2.05) is 26.0 Å². The van der Waals surface area contributed by atoms with Crippen LogP contribution in [0.4, 0.5) is 11.6 Å². The summed E-state index contributed by atoms with van der Waals surface area (Å²) >= 11 is 0. The minimum atomic E-state index is -0.370. The van der Waals surface area contributed by atoms with Crippen molar-refractivity contribution < 1.29 is 14.2 Å². The van der Waals surface area contributed by atoms with E-state index in [-0.39, 0.29) is 23.5 Å². The third-order valence-corrected chi connectivity index (χ3v) is 3.51. The molecular formula is C18H16N4O3. The lowest BCUT2D eigenvalue weighted by molar-refractivity contribution is 0.101. The van der Waals surface area contributed by atoms with Crippen molar-refractivity contribution in [1.82, 2.24) is 10.3 Å². The third kappa shape index (κ3) is 3.89.